The number of carbonyl (C=O) groups is 1. The number of hydrogen-bond donors (Lipinski definition) is 3. The molecule has 0 bridgehead atoms. The van der Waals surface area contributed by atoms with Gasteiger partial charge in [-0.05, 0) is 101 Å². The number of likely N-dealkylation sites (N-methyl/N-ethyl adjacent to an activating group) is 2. The molecule has 2 aromatic carbocycles. The van der Waals surface area contributed by atoms with Crippen molar-refractivity contribution in [3.63, 3.8) is 0 Å². The maximum Gasteiger partial charge on any atom is 0.275 e. The smallest absolute Gasteiger partial charge is 0.275 e. The first-order chi connectivity index (χ1) is 36.9. The van der Waals surface area contributed by atoms with Gasteiger partial charge >= 0.3 is 0 Å². The number of hydrogen-bond acceptors (Lipinski definition) is 17. The van der Waals surface area contributed by atoms with Gasteiger partial charge in [0.1, 0.15) is 29.6 Å². The third-order valence-corrected chi connectivity index (χ3v) is 17.1. The van der Waals surface area contributed by atoms with Crippen molar-refractivity contribution < 1.29 is 40.8 Å². The first kappa shape index (κ1) is 59.9. The highest BCUT2D eigenvalue weighted by Gasteiger charge is 2.31. The van der Waals surface area contributed by atoms with Gasteiger partial charge in [0.15, 0.2) is 17.9 Å². The second-order valence-electron chi connectivity index (χ2n) is 18.8. The van der Waals surface area contributed by atoms with Crippen molar-refractivity contribution in [2.75, 3.05) is 93.9 Å². The lowest BCUT2D eigenvalue weighted by molar-refractivity contribution is 0.112. The normalized spacial score (nSPS) is 15.1. The van der Waals surface area contributed by atoms with Crippen LogP contribution in [0.2, 0.25) is 0 Å². The molecule has 8 rings (SSSR count). The Hall–Kier alpha value is -6.32. The Labute approximate surface area is 450 Å². The molecule has 2 aliphatic rings. The molecular weight excluding hydrogens is 1030 g/mol. The Balaban J connectivity index is 0.000000238. The number of aromatic nitrogens is 6. The lowest BCUT2D eigenvalue weighted by atomic mass is 10.1. The summed E-state index contributed by atoms with van der Waals surface area (Å²) in [6, 6.07) is 9.41. The number of carbonyl (C=O) groups excluding carboxylic acids is 1. The van der Waals surface area contributed by atoms with Crippen molar-refractivity contribution in [2.45, 2.75) is 89.9 Å². The lowest BCUT2D eigenvalue weighted by Gasteiger charge is -2.31. The third kappa shape index (κ3) is 13.2. The number of fused-ring (bicyclic) bond motifs is 2. The molecule has 2 fully saturated rings. The summed E-state index contributed by atoms with van der Waals surface area (Å²) >= 11 is 0. The van der Waals surface area contributed by atoms with E-state index in [-0.39, 0.29) is 27.0 Å². The zero-order chi connectivity index (χ0) is 56.2. The number of aldehydes is 1. The molecule has 2 aliphatic heterocycles. The van der Waals surface area contributed by atoms with E-state index in [4.69, 9.17) is 19.4 Å². The zero-order valence-corrected chi connectivity index (χ0v) is 47.5. The standard InChI is InChI=1S/C26H36N6O5S.C25H33N5O5S.CH5NO/c1-6-8-22-21(17-27-36-5)18(3)24-26(33)28-25(29-32(22)24)20-16-19(9-10-23(20)37-15-7-2)38(34,35)31-13-11-30(4)12-14-31;1-5-7-21-20(16-31)17(3)23-25(32)26-24(27-30(21)23)19-15-18(8-9-22(19)35-14-6-2)36(33,34)29-12-10-28(4)11-13-29;1-3-2/h9-10,16-17H,6-8,11-15H2,1-5H3,(H,28,29,33);8-9,15-16H,5-7,10-14H2,1-4H3,(H,26,27,32);2H2,1H3/b27-17+;;. The van der Waals surface area contributed by atoms with Gasteiger partial charge in [-0.15, -0.1) is 10.2 Å². The van der Waals surface area contributed by atoms with Gasteiger partial charge in [-0.25, -0.2) is 31.8 Å². The molecule has 6 aromatic rings. The molecule has 6 heterocycles. The quantitative estimate of drug-likeness (QED) is 0.0566. The highest BCUT2D eigenvalue weighted by Crippen LogP contribution is 2.34. The first-order valence-electron chi connectivity index (χ1n) is 25.8. The van der Waals surface area contributed by atoms with E-state index in [2.05, 4.69) is 40.8 Å². The van der Waals surface area contributed by atoms with Crippen LogP contribution in [0.25, 0.3) is 33.8 Å². The molecule has 0 amide bonds. The number of oxime groups is 1. The number of sulfonamides is 2. The van der Waals surface area contributed by atoms with Crippen LogP contribution in [0.1, 0.15) is 91.8 Å². The molecule has 2 saturated heterocycles. The molecule has 23 nitrogen and oxygen atoms in total. The molecule has 77 heavy (non-hydrogen) atoms. The average Bonchev–Trinajstić information content (AvgIpc) is 3.88. The third-order valence-electron chi connectivity index (χ3n) is 13.3. The Bertz CT molecular complexity index is 3390. The number of nitrogens with zero attached hydrogens (tertiary/aromatic N) is 9. The number of H-pyrrole nitrogens is 2. The Morgan fingerprint density at radius 2 is 1.03 bits per heavy atom. The van der Waals surface area contributed by atoms with Crippen molar-refractivity contribution in [1.82, 2.24) is 47.6 Å². The number of rotatable bonds is 19. The van der Waals surface area contributed by atoms with Crippen LogP contribution >= 0.6 is 0 Å². The number of nitrogens with two attached hydrogens (primary N) is 1. The van der Waals surface area contributed by atoms with E-state index in [1.165, 1.54) is 39.5 Å². The van der Waals surface area contributed by atoms with Crippen LogP contribution in [0, 0.1) is 13.8 Å². The maximum absolute atomic E-state index is 13.5. The monoisotopic (exact) mass is 1110 g/mol. The van der Waals surface area contributed by atoms with Crippen LogP contribution in [0.3, 0.4) is 0 Å². The molecular formula is C52H74N12O11S2. The minimum Gasteiger partial charge on any atom is -0.493 e. The minimum atomic E-state index is -3.75. The summed E-state index contributed by atoms with van der Waals surface area (Å²) < 4.78 is 71.9. The van der Waals surface area contributed by atoms with Gasteiger partial charge in [-0.2, -0.15) is 8.61 Å². The number of ether oxygens (including phenoxy) is 2. The van der Waals surface area contributed by atoms with Crippen molar-refractivity contribution >= 4 is 43.6 Å². The van der Waals surface area contributed by atoms with Crippen molar-refractivity contribution in [3.05, 3.63) is 90.7 Å². The van der Waals surface area contributed by atoms with E-state index in [9.17, 15) is 31.2 Å². The summed E-state index contributed by atoms with van der Waals surface area (Å²) in [4.78, 5) is 57.1. The van der Waals surface area contributed by atoms with Crippen LogP contribution in [0.4, 0.5) is 0 Å². The van der Waals surface area contributed by atoms with E-state index in [1.807, 2.05) is 48.7 Å². The van der Waals surface area contributed by atoms with E-state index in [0.717, 1.165) is 48.8 Å². The van der Waals surface area contributed by atoms with Crippen LogP contribution < -0.4 is 26.5 Å². The highest BCUT2D eigenvalue weighted by molar-refractivity contribution is 7.89. The molecule has 4 aromatic heterocycles. The second kappa shape index (κ2) is 26.8. The zero-order valence-electron chi connectivity index (χ0n) is 45.8. The SMILES string of the molecule is CCCOc1ccc(S(=O)(=O)N2CCN(C)CC2)cc1-c1nn2c(CCC)c(/C=N/OC)c(C)c2c(=O)[nH]1.CCCOc1ccc(S(=O)(=O)N2CCN(C)CC2)cc1-c1nn2c(CCC)c(C=O)c(C)c2c(=O)[nH]1.CON. The van der Waals surface area contributed by atoms with Crippen molar-refractivity contribution in [3.8, 4) is 34.3 Å². The van der Waals surface area contributed by atoms with Gasteiger partial charge < -0.3 is 38.9 Å². The molecule has 420 valence electrons. The Kier molecular flexibility index (Phi) is 20.9. The second-order valence-corrected chi connectivity index (χ2v) is 22.7. The van der Waals surface area contributed by atoms with Gasteiger partial charge in [0.05, 0.1) is 58.8 Å². The van der Waals surface area contributed by atoms with Crippen molar-refractivity contribution in [1.29, 1.82) is 0 Å². The van der Waals surface area contributed by atoms with Crippen LogP contribution in [-0.2, 0) is 42.6 Å². The summed E-state index contributed by atoms with van der Waals surface area (Å²) in [5, 5.41) is 13.4. The number of benzene rings is 2. The number of nitrogens with one attached hydrogen (secondary N) is 2. The summed E-state index contributed by atoms with van der Waals surface area (Å²) in [7, 11) is -0.688. The summed E-state index contributed by atoms with van der Waals surface area (Å²) in [5.74, 6) is 5.63. The molecule has 0 unspecified atom stereocenters. The topological polar surface area (TPSA) is 274 Å². The molecule has 0 saturated carbocycles. The number of aryl methyl sites for hydroxylation is 4. The highest BCUT2D eigenvalue weighted by atomic mass is 32.2. The van der Waals surface area contributed by atoms with Gasteiger partial charge in [0, 0.05) is 63.5 Å². The van der Waals surface area contributed by atoms with Crippen LogP contribution in [0.15, 0.2) is 60.9 Å². The summed E-state index contributed by atoms with van der Waals surface area (Å²) in [5.41, 5.74) is 4.79. The fourth-order valence-corrected chi connectivity index (χ4v) is 12.1. The fraction of sp³-hybridized carbons (Fsp3) is 0.500. The summed E-state index contributed by atoms with van der Waals surface area (Å²) in [6.07, 6.45) is 6.68. The van der Waals surface area contributed by atoms with Crippen LogP contribution in [-0.4, -0.2) is 171 Å². The van der Waals surface area contributed by atoms with E-state index >= 15 is 0 Å². The Morgan fingerprint density at radius 1 is 0.636 bits per heavy atom. The molecule has 25 heteroatoms. The molecule has 0 atom stereocenters. The predicted octanol–water partition coefficient (Wildman–Crippen LogP) is 4.65. The molecule has 0 aliphatic carbocycles. The van der Waals surface area contributed by atoms with Gasteiger partial charge in [0.2, 0.25) is 20.0 Å². The average molecular weight is 1110 g/mol. The summed E-state index contributed by atoms with van der Waals surface area (Å²) in [6.45, 7) is 16.7. The Morgan fingerprint density at radius 3 is 1.39 bits per heavy atom. The van der Waals surface area contributed by atoms with Gasteiger partial charge in [-0.3, -0.25) is 14.4 Å². The van der Waals surface area contributed by atoms with E-state index in [0.29, 0.717) is 129 Å². The van der Waals surface area contributed by atoms with E-state index < -0.39 is 25.6 Å². The predicted molar refractivity (Wildman–Crippen MR) is 295 cm³/mol. The lowest BCUT2D eigenvalue weighted by Crippen LogP contribution is -2.47. The van der Waals surface area contributed by atoms with Gasteiger partial charge in [-0.1, -0.05) is 45.7 Å². The first-order valence-corrected chi connectivity index (χ1v) is 28.7. The largest absolute Gasteiger partial charge is 0.493 e. The molecule has 0 radical (unpaired) electrons. The maximum atomic E-state index is 13.5. The van der Waals surface area contributed by atoms with Crippen molar-refractivity contribution in [2.24, 2.45) is 11.1 Å². The number of piperazine rings is 2. The number of aromatic amines is 2. The minimum absolute atomic E-state index is 0.111. The molecule has 0 spiro atoms. The fourth-order valence-electron chi connectivity index (χ4n) is 9.21. The van der Waals surface area contributed by atoms with Crippen LogP contribution in [0.5, 0.6) is 11.5 Å². The van der Waals surface area contributed by atoms with Gasteiger partial charge in [0.25, 0.3) is 11.1 Å². The molecule has 4 N–H and O–H groups in total. The van der Waals surface area contributed by atoms with E-state index in [1.54, 1.807) is 41.9 Å².